The normalized spacial score (nSPS) is 17.6. The van der Waals surface area contributed by atoms with E-state index in [0.29, 0.717) is 12.8 Å². The van der Waals surface area contributed by atoms with Crippen molar-refractivity contribution in [3.05, 3.63) is 24.3 Å². The van der Waals surface area contributed by atoms with Crippen LogP contribution in [0.3, 0.4) is 0 Å². The molecule has 0 unspecified atom stereocenters. The summed E-state index contributed by atoms with van der Waals surface area (Å²) in [6.45, 7) is 6.38. The third kappa shape index (κ3) is 5.28. The van der Waals surface area contributed by atoms with Gasteiger partial charge in [0.05, 0.1) is 9.79 Å². The van der Waals surface area contributed by atoms with Crippen molar-refractivity contribution >= 4 is 26.0 Å². The molecule has 1 saturated heterocycles. The smallest absolute Gasteiger partial charge is 0.243 e. The maximum absolute atomic E-state index is 12.7. The van der Waals surface area contributed by atoms with Gasteiger partial charge in [0.2, 0.25) is 26.0 Å². The van der Waals surface area contributed by atoms with E-state index in [4.69, 9.17) is 5.14 Å². The van der Waals surface area contributed by atoms with Crippen molar-refractivity contribution in [1.29, 1.82) is 0 Å². The van der Waals surface area contributed by atoms with E-state index in [1.807, 2.05) is 20.8 Å². The zero-order valence-electron chi connectivity index (χ0n) is 15.8. The van der Waals surface area contributed by atoms with E-state index in [0.717, 1.165) is 6.42 Å². The summed E-state index contributed by atoms with van der Waals surface area (Å²) < 4.78 is 49.4. The van der Waals surface area contributed by atoms with Crippen LogP contribution >= 0.6 is 0 Å². The summed E-state index contributed by atoms with van der Waals surface area (Å²) in [6, 6.07) is 4.82. The lowest BCUT2D eigenvalue weighted by molar-refractivity contribution is -0.127. The SMILES string of the molecule is CCC(C)(C)NC(=O)C1CCN(S(=O)(=O)c2ccc(S(N)(=O)=O)cc2)CC1. The third-order valence-electron chi connectivity index (χ3n) is 4.96. The Labute approximate surface area is 161 Å². The Hall–Kier alpha value is -1.49. The van der Waals surface area contributed by atoms with Gasteiger partial charge in [-0.15, -0.1) is 0 Å². The Kier molecular flexibility index (Phi) is 6.35. The van der Waals surface area contributed by atoms with Crippen LogP contribution in [0.1, 0.15) is 40.0 Å². The van der Waals surface area contributed by atoms with Gasteiger partial charge in [-0.25, -0.2) is 22.0 Å². The van der Waals surface area contributed by atoms with Crippen molar-refractivity contribution in [3.8, 4) is 0 Å². The summed E-state index contributed by atoms with van der Waals surface area (Å²) in [5, 5.41) is 8.04. The van der Waals surface area contributed by atoms with E-state index >= 15 is 0 Å². The van der Waals surface area contributed by atoms with Gasteiger partial charge >= 0.3 is 0 Å². The molecule has 1 amide bonds. The van der Waals surface area contributed by atoms with Crippen molar-refractivity contribution in [1.82, 2.24) is 9.62 Å². The number of nitrogens with zero attached hydrogens (tertiary/aromatic N) is 1. The monoisotopic (exact) mass is 417 g/mol. The maximum atomic E-state index is 12.7. The molecule has 0 saturated carbocycles. The minimum absolute atomic E-state index is 0.00455. The standard InChI is InChI=1S/C17H27N3O5S2/c1-4-17(2,3)19-16(21)13-9-11-20(12-10-13)27(24,25)15-7-5-14(6-8-15)26(18,22)23/h5-8,13H,4,9-12H2,1-3H3,(H,19,21)(H2,18,22,23). The second kappa shape index (κ2) is 7.86. The van der Waals surface area contributed by atoms with E-state index < -0.39 is 20.0 Å². The number of carbonyl (C=O) groups is 1. The van der Waals surface area contributed by atoms with Gasteiger partial charge in [-0.1, -0.05) is 6.92 Å². The molecule has 27 heavy (non-hydrogen) atoms. The molecule has 152 valence electrons. The molecule has 1 aliphatic heterocycles. The Bertz CT molecular complexity index is 885. The molecule has 1 aromatic carbocycles. The van der Waals surface area contributed by atoms with Crippen LogP contribution in [0.4, 0.5) is 0 Å². The zero-order chi connectivity index (χ0) is 20.5. The number of benzene rings is 1. The highest BCUT2D eigenvalue weighted by atomic mass is 32.2. The molecule has 10 heteroatoms. The third-order valence-corrected chi connectivity index (χ3v) is 7.80. The minimum atomic E-state index is -3.88. The van der Waals surface area contributed by atoms with Crippen molar-refractivity contribution in [2.75, 3.05) is 13.1 Å². The van der Waals surface area contributed by atoms with Crippen LogP contribution in [-0.2, 0) is 24.8 Å². The zero-order valence-corrected chi connectivity index (χ0v) is 17.4. The fourth-order valence-electron chi connectivity index (χ4n) is 2.83. The maximum Gasteiger partial charge on any atom is 0.243 e. The van der Waals surface area contributed by atoms with Crippen LogP contribution in [0.5, 0.6) is 0 Å². The number of piperidine rings is 1. The van der Waals surface area contributed by atoms with Crippen molar-refractivity contribution < 1.29 is 21.6 Å². The van der Waals surface area contributed by atoms with Crippen LogP contribution < -0.4 is 10.5 Å². The van der Waals surface area contributed by atoms with E-state index in [1.165, 1.54) is 28.6 Å². The number of carbonyl (C=O) groups excluding carboxylic acids is 1. The molecular weight excluding hydrogens is 390 g/mol. The first kappa shape index (κ1) is 21.8. The average Bonchev–Trinajstić information content (AvgIpc) is 2.61. The fourth-order valence-corrected chi connectivity index (χ4v) is 4.82. The lowest BCUT2D eigenvalue weighted by atomic mass is 9.94. The van der Waals surface area contributed by atoms with Gasteiger partial charge in [-0.2, -0.15) is 4.31 Å². The van der Waals surface area contributed by atoms with Crippen LogP contribution in [0.25, 0.3) is 0 Å². The molecular formula is C17H27N3O5S2. The fraction of sp³-hybridized carbons (Fsp3) is 0.588. The molecule has 8 nitrogen and oxygen atoms in total. The van der Waals surface area contributed by atoms with Gasteiger partial charge in [0.1, 0.15) is 0 Å². The number of nitrogens with two attached hydrogens (primary N) is 1. The van der Waals surface area contributed by atoms with Crippen LogP contribution in [-0.4, -0.2) is 45.7 Å². The first-order valence-corrected chi connectivity index (χ1v) is 11.8. The van der Waals surface area contributed by atoms with E-state index in [2.05, 4.69) is 5.32 Å². The number of amides is 1. The molecule has 0 atom stereocenters. The Morgan fingerprint density at radius 3 is 2.04 bits per heavy atom. The molecule has 3 N–H and O–H groups in total. The van der Waals surface area contributed by atoms with Crippen molar-refractivity contribution in [2.45, 2.75) is 55.4 Å². The second-order valence-electron chi connectivity index (χ2n) is 7.42. The van der Waals surface area contributed by atoms with Crippen LogP contribution in [0.2, 0.25) is 0 Å². The molecule has 0 aromatic heterocycles. The second-order valence-corrected chi connectivity index (χ2v) is 10.9. The number of primary sulfonamides is 1. The van der Waals surface area contributed by atoms with E-state index in [1.54, 1.807) is 0 Å². The van der Waals surface area contributed by atoms with Gasteiger partial charge in [0.15, 0.2) is 0 Å². The van der Waals surface area contributed by atoms with Crippen molar-refractivity contribution in [2.24, 2.45) is 11.1 Å². The molecule has 0 aliphatic carbocycles. The van der Waals surface area contributed by atoms with E-state index in [-0.39, 0.29) is 40.2 Å². The van der Waals surface area contributed by atoms with E-state index in [9.17, 15) is 21.6 Å². The summed E-state index contributed by atoms with van der Waals surface area (Å²) in [6.07, 6.45) is 1.70. The topological polar surface area (TPSA) is 127 Å². The Morgan fingerprint density at radius 2 is 1.59 bits per heavy atom. The van der Waals surface area contributed by atoms with Gasteiger partial charge in [0.25, 0.3) is 0 Å². The minimum Gasteiger partial charge on any atom is -0.351 e. The molecule has 1 aliphatic rings. The molecule has 1 aromatic rings. The average molecular weight is 418 g/mol. The number of rotatable bonds is 6. The number of sulfonamides is 2. The predicted molar refractivity (Wildman–Crippen MR) is 102 cm³/mol. The van der Waals surface area contributed by atoms with Gasteiger partial charge in [-0.05, 0) is 57.4 Å². The van der Waals surface area contributed by atoms with Crippen LogP contribution in [0.15, 0.2) is 34.1 Å². The van der Waals surface area contributed by atoms with Gasteiger partial charge in [0, 0.05) is 24.5 Å². The molecule has 0 radical (unpaired) electrons. The predicted octanol–water partition coefficient (Wildman–Crippen LogP) is 1.04. The summed E-state index contributed by atoms with van der Waals surface area (Å²) in [5.41, 5.74) is -0.286. The summed E-state index contributed by atoms with van der Waals surface area (Å²) >= 11 is 0. The van der Waals surface area contributed by atoms with Gasteiger partial charge in [-0.3, -0.25) is 4.79 Å². The lowest BCUT2D eigenvalue weighted by Crippen LogP contribution is -2.48. The first-order chi connectivity index (χ1) is 12.4. The largest absolute Gasteiger partial charge is 0.351 e. The first-order valence-electron chi connectivity index (χ1n) is 8.82. The molecule has 0 spiro atoms. The van der Waals surface area contributed by atoms with Crippen LogP contribution in [0, 0.1) is 5.92 Å². The summed E-state index contributed by atoms with van der Waals surface area (Å²) in [7, 11) is -7.62. The number of nitrogens with one attached hydrogen (secondary N) is 1. The highest BCUT2D eigenvalue weighted by Gasteiger charge is 2.33. The lowest BCUT2D eigenvalue weighted by Gasteiger charge is -2.33. The van der Waals surface area contributed by atoms with Gasteiger partial charge < -0.3 is 5.32 Å². The summed E-state index contributed by atoms with van der Waals surface area (Å²) in [4.78, 5) is 12.2. The molecule has 1 fully saturated rings. The Morgan fingerprint density at radius 1 is 1.11 bits per heavy atom. The molecule has 2 rings (SSSR count). The number of hydrogen-bond donors (Lipinski definition) is 2. The quantitative estimate of drug-likeness (QED) is 0.715. The molecule has 1 heterocycles. The van der Waals surface area contributed by atoms with Crippen molar-refractivity contribution in [3.63, 3.8) is 0 Å². The summed E-state index contributed by atoms with van der Waals surface area (Å²) in [5.74, 6) is -0.261. The Balaban J connectivity index is 2.05. The highest BCUT2D eigenvalue weighted by Crippen LogP contribution is 2.25. The number of hydrogen-bond acceptors (Lipinski definition) is 5. The molecule has 0 bridgehead atoms. The highest BCUT2D eigenvalue weighted by molar-refractivity contribution is 7.89.